The van der Waals surface area contributed by atoms with E-state index in [-0.39, 0.29) is 5.04 Å². The third-order valence-corrected chi connectivity index (χ3v) is 9.21. The van der Waals surface area contributed by atoms with Crippen molar-refractivity contribution in [2.75, 3.05) is 0 Å². The highest BCUT2D eigenvalue weighted by Gasteiger charge is 2.37. The van der Waals surface area contributed by atoms with E-state index in [4.69, 9.17) is 4.43 Å². The normalized spacial score (nSPS) is 14.6. The van der Waals surface area contributed by atoms with E-state index in [9.17, 15) is 0 Å². The van der Waals surface area contributed by atoms with Gasteiger partial charge >= 0.3 is 0 Å². The molecule has 21 heavy (non-hydrogen) atoms. The molecule has 1 unspecified atom stereocenters. The molecule has 0 aliphatic carbocycles. The van der Waals surface area contributed by atoms with Crippen molar-refractivity contribution in [2.24, 2.45) is 5.92 Å². The first-order valence-corrected chi connectivity index (χ1v) is 12.0. The summed E-state index contributed by atoms with van der Waals surface area (Å²) in [4.78, 5) is 0. The standard InChI is InChI=1S/C19H40OSi/c1-8-10-12-13-15-18(14-11-9-2)16-17-20-21(6,7)19(3,4)5/h16-18H,8-15H2,1-7H3. The maximum atomic E-state index is 6.19. The summed E-state index contributed by atoms with van der Waals surface area (Å²) < 4.78 is 6.19. The summed E-state index contributed by atoms with van der Waals surface area (Å²) >= 11 is 0. The SMILES string of the molecule is CCCCCCC(C=CO[Si](C)(C)C(C)(C)C)CCCC. The van der Waals surface area contributed by atoms with Gasteiger partial charge in [0, 0.05) is 0 Å². The van der Waals surface area contributed by atoms with Crippen LogP contribution in [-0.2, 0) is 4.43 Å². The van der Waals surface area contributed by atoms with Crippen LogP contribution in [0.1, 0.15) is 86.0 Å². The van der Waals surface area contributed by atoms with Crippen molar-refractivity contribution < 1.29 is 4.43 Å². The van der Waals surface area contributed by atoms with Crippen LogP contribution in [0.3, 0.4) is 0 Å². The van der Waals surface area contributed by atoms with Crippen LogP contribution in [0, 0.1) is 5.92 Å². The minimum absolute atomic E-state index is 0.289. The van der Waals surface area contributed by atoms with Crippen LogP contribution in [0.5, 0.6) is 0 Å². The highest BCUT2D eigenvalue weighted by Crippen LogP contribution is 2.36. The van der Waals surface area contributed by atoms with Gasteiger partial charge in [-0.15, -0.1) is 0 Å². The van der Waals surface area contributed by atoms with Crippen LogP contribution in [0.15, 0.2) is 12.3 Å². The second kappa shape index (κ2) is 10.5. The zero-order valence-corrected chi connectivity index (χ0v) is 16.8. The molecule has 0 radical (unpaired) electrons. The van der Waals surface area contributed by atoms with Gasteiger partial charge < -0.3 is 4.43 Å². The Kier molecular flexibility index (Phi) is 10.4. The molecule has 0 saturated heterocycles. The second-order valence-corrected chi connectivity index (χ2v) is 12.7. The fourth-order valence-corrected chi connectivity index (χ4v) is 2.91. The Morgan fingerprint density at radius 1 is 0.905 bits per heavy atom. The molecule has 0 aromatic carbocycles. The van der Waals surface area contributed by atoms with Gasteiger partial charge in [-0.05, 0) is 43.0 Å². The van der Waals surface area contributed by atoms with Gasteiger partial charge in [-0.3, -0.25) is 0 Å². The summed E-state index contributed by atoms with van der Waals surface area (Å²) in [7, 11) is -1.63. The number of unbranched alkanes of at least 4 members (excludes halogenated alkanes) is 4. The van der Waals surface area contributed by atoms with E-state index in [0.29, 0.717) is 5.92 Å². The predicted molar refractivity (Wildman–Crippen MR) is 99.2 cm³/mol. The molecular weight excluding hydrogens is 272 g/mol. The largest absolute Gasteiger partial charge is 0.549 e. The molecular formula is C19H40OSi. The third kappa shape index (κ3) is 9.39. The molecule has 0 amide bonds. The second-order valence-electron chi connectivity index (χ2n) is 7.96. The molecule has 0 heterocycles. The summed E-state index contributed by atoms with van der Waals surface area (Å²) in [5.74, 6) is 0.714. The minimum Gasteiger partial charge on any atom is -0.549 e. The zero-order chi connectivity index (χ0) is 16.4. The molecule has 0 rings (SSSR count). The van der Waals surface area contributed by atoms with Crippen LogP contribution < -0.4 is 0 Å². The van der Waals surface area contributed by atoms with Gasteiger partial charge in [0.15, 0.2) is 0 Å². The molecule has 0 fully saturated rings. The maximum absolute atomic E-state index is 6.19. The highest BCUT2D eigenvalue weighted by molar-refractivity contribution is 6.74. The molecule has 0 spiro atoms. The predicted octanol–water partition coefficient (Wildman–Crippen LogP) is 7.30. The molecule has 1 nitrogen and oxygen atoms in total. The van der Waals surface area contributed by atoms with Crippen LogP contribution >= 0.6 is 0 Å². The monoisotopic (exact) mass is 312 g/mol. The molecule has 0 aliphatic rings. The van der Waals surface area contributed by atoms with Crippen molar-refractivity contribution in [3.05, 3.63) is 12.3 Å². The quantitative estimate of drug-likeness (QED) is 0.221. The first-order chi connectivity index (χ1) is 9.74. The topological polar surface area (TPSA) is 9.23 Å². The Labute approximate surface area is 135 Å². The van der Waals surface area contributed by atoms with Gasteiger partial charge in [0.25, 0.3) is 0 Å². The van der Waals surface area contributed by atoms with Gasteiger partial charge in [-0.25, -0.2) is 0 Å². The number of rotatable bonds is 11. The van der Waals surface area contributed by atoms with Crippen LogP contribution in [0.25, 0.3) is 0 Å². The van der Waals surface area contributed by atoms with Gasteiger partial charge in [0.2, 0.25) is 8.32 Å². The van der Waals surface area contributed by atoms with Crippen molar-refractivity contribution >= 4 is 8.32 Å². The van der Waals surface area contributed by atoms with Crippen LogP contribution in [-0.4, -0.2) is 8.32 Å². The Morgan fingerprint density at radius 3 is 2.00 bits per heavy atom. The number of allylic oxidation sites excluding steroid dienone is 1. The van der Waals surface area contributed by atoms with E-state index in [1.807, 2.05) is 6.26 Å². The van der Waals surface area contributed by atoms with Crippen molar-refractivity contribution in [1.82, 2.24) is 0 Å². The molecule has 0 aliphatic heterocycles. The molecule has 0 bridgehead atoms. The van der Waals surface area contributed by atoms with E-state index in [2.05, 4.69) is 53.8 Å². The lowest BCUT2D eigenvalue weighted by Crippen LogP contribution is -2.39. The zero-order valence-electron chi connectivity index (χ0n) is 15.8. The maximum Gasteiger partial charge on any atom is 0.249 e. The lowest BCUT2D eigenvalue weighted by Gasteiger charge is -2.35. The molecule has 0 N–H and O–H groups in total. The Hall–Kier alpha value is -0.243. The van der Waals surface area contributed by atoms with E-state index >= 15 is 0 Å². The van der Waals surface area contributed by atoms with E-state index in [1.54, 1.807) is 0 Å². The van der Waals surface area contributed by atoms with Crippen LogP contribution in [0.4, 0.5) is 0 Å². The summed E-state index contributed by atoms with van der Waals surface area (Å²) in [6, 6.07) is 0. The summed E-state index contributed by atoms with van der Waals surface area (Å²) in [5.41, 5.74) is 0. The Bertz CT molecular complexity index is 276. The summed E-state index contributed by atoms with van der Waals surface area (Å²) in [6.07, 6.45) is 15.1. The van der Waals surface area contributed by atoms with E-state index in [1.165, 1.54) is 51.4 Å². The molecule has 126 valence electrons. The lowest BCUT2D eigenvalue weighted by molar-refractivity contribution is 0.415. The van der Waals surface area contributed by atoms with Gasteiger partial charge in [0.05, 0.1) is 6.26 Å². The Balaban J connectivity index is 4.34. The van der Waals surface area contributed by atoms with Gasteiger partial charge in [-0.2, -0.15) is 0 Å². The summed E-state index contributed by atoms with van der Waals surface area (Å²) in [5, 5.41) is 0.289. The van der Waals surface area contributed by atoms with Crippen molar-refractivity contribution in [3.63, 3.8) is 0 Å². The molecule has 0 saturated carbocycles. The first-order valence-electron chi connectivity index (χ1n) is 9.09. The van der Waals surface area contributed by atoms with Crippen molar-refractivity contribution in [1.29, 1.82) is 0 Å². The first kappa shape index (κ1) is 20.8. The molecule has 0 aromatic rings. The lowest BCUT2D eigenvalue weighted by atomic mass is 9.95. The molecule has 2 heteroatoms. The Morgan fingerprint density at radius 2 is 1.48 bits per heavy atom. The van der Waals surface area contributed by atoms with Crippen molar-refractivity contribution in [2.45, 2.75) is 104 Å². The van der Waals surface area contributed by atoms with Crippen LogP contribution in [0.2, 0.25) is 18.1 Å². The van der Waals surface area contributed by atoms with Crippen molar-refractivity contribution in [3.8, 4) is 0 Å². The highest BCUT2D eigenvalue weighted by atomic mass is 28.4. The minimum atomic E-state index is -1.63. The molecule has 0 aromatic heterocycles. The number of hydrogen-bond acceptors (Lipinski definition) is 1. The molecule has 1 atom stereocenters. The average molecular weight is 313 g/mol. The van der Waals surface area contributed by atoms with E-state index < -0.39 is 8.32 Å². The van der Waals surface area contributed by atoms with Gasteiger partial charge in [-0.1, -0.05) is 73.1 Å². The smallest absolute Gasteiger partial charge is 0.249 e. The third-order valence-electron chi connectivity index (χ3n) is 4.88. The fraction of sp³-hybridized carbons (Fsp3) is 0.895. The fourth-order valence-electron chi connectivity index (χ4n) is 2.13. The average Bonchev–Trinajstić information content (AvgIpc) is 2.38. The van der Waals surface area contributed by atoms with E-state index in [0.717, 1.165) is 0 Å². The summed E-state index contributed by atoms with van der Waals surface area (Å²) in [6.45, 7) is 16.1. The number of hydrogen-bond donors (Lipinski definition) is 0. The van der Waals surface area contributed by atoms with Gasteiger partial charge in [0.1, 0.15) is 0 Å².